The van der Waals surface area contributed by atoms with Crippen LogP contribution in [0, 0.1) is 0 Å². The van der Waals surface area contributed by atoms with Crippen molar-refractivity contribution in [1.29, 1.82) is 0 Å². The van der Waals surface area contributed by atoms with Gasteiger partial charge in [0.05, 0.1) is 0 Å². The van der Waals surface area contributed by atoms with Gasteiger partial charge in [-0.05, 0) is 0 Å². The van der Waals surface area contributed by atoms with Crippen molar-refractivity contribution in [3.63, 3.8) is 0 Å². The maximum absolute atomic E-state index is 12.6. The maximum atomic E-state index is 12.6. The fourth-order valence-electron chi connectivity index (χ4n) is 5.59. The van der Waals surface area contributed by atoms with Gasteiger partial charge in [-0.15, -0.1) is 0 Å². The van der Waals surface area contributed by atoms with Gasteiger partial charge in [0.15, 0.2) is 0 Å². The third-order valence-electron chi connectivity index (χ3n) is 9.38. The number of rotatable bonds is 15. The molecule has 4 N–H and O–H groups in total. The zero-order valence-electron chi connectivity index (χ0n) is 26.7. The molecule has 1 saturated heterocycles. The number of aliphatic hydroxyl groups excluding tert-OH is 1. The van der Waals surface area contributed by atoms with E-state index < -0.39 is 50.7 Å². The Morgan fingerprint density at radius 1 is 1.07 bits per heavy atom. The summed E-state index contributed by atoms with van der Waals surface area (Å²) < 4.78 is 21.6. The number of aliphatic hydroxyl groups is 2. The van der Waals surface area contributed by atoms with Gasteiger partial charge in [-0.1, -0.05) is 0 Å². The zero-order chi connectivity index (χ0) is 30.5. The molecule has 2 aromatic heterocycles. The average molecular weight is 697 g/mol. The van der Waals surface area contributed by atoms with Crippen LogP contribution in [0.2, 0.25) is 31.4 Å². The van der Waals surface area contributed by atoms with Crippen molar-refractivity contribution in [2.45, 2.75) is 136 Å². The van der Waals surface area contributed by atoms with Gasteiger partial charge in [0.2, 0.25) is 0 Å². The number of nitrogens with zero attached hydrogens (tertiary/aromatic N) is 4. The molecule has 1 fully saturated rings. The van der Waals surface area contributed by atoms with Crippen LogP contribution >= 0.6 is 0 Å². The molecule has 0 aliphatic carbocycles. The Morgan fingerprint density at radius 2 is 1.66 bits per heavy atom. The minimum absolute atomic E-state index is 0.102. The number of ether oxygens (including phenoxy) is 1. The molecule has 0 amide bonds. The normalized spacial score (nSPS) is 24.2. The minimum atomic E-state index is -2.80. The van der Waals surface area contributed by atoms with E-state index in [0.717, 1.165) is 0 Å². The molecule has 0 aromatic carbocycles. The van der Waals surface area contributed by atoms with E-state index in [1.165, 1.54) is 58.2 Å². The molecule has 0 spiro atoms. The molecule has 4 atom stereocenters. The predicted molar refractivity (Wildman–Crippen MR) is 172 cm³/mol. The molecule has 1 aliphatic heterocycles. The SMILES string of the molecule is CCC[CH2][Sn](/[CH]=C\[C@@]1(O)[C@@H](CO)O[C@@H](n2cnc3c(N)ncnc32)[C@@H]1O[Si](C)(C)C(C)(C)C)([CH2]CCC)[CH2]CCC. The Labute approximate surface area is 252 Å². The van der Waals surface area contributed by atoms with Crippen LogP contribution < -0.4 is 5.73 Å². The molecule has 1 aliphatic rings. The van der Waals surface area contributed by atoms with Gasteiger partial charge in [0.25, 0.3) is 0 Å². The summed E-state index contributed by atoms with van der Waals surface area (Å²) in [5.41, 5.74) is 5.57. The summed E-state index contributed by atoms with van der Waals surface area (Å²) in [5, 5.41) is 23.1. The number of nitrogen functional groups attached to an aromatic ring is 1. The van der Waals surface area contributed by atoms with E-state index in [2.05, 4.69) is 73.7 Å². The second kappa shape index (κ2) is 14.2. The predicted octanol–water partition coefficient (Wildman–Crippen LogP) is 6.36. The van der Waals surface area contributed by atoms with Crippen molar-refractivity contribution in [1.82, 2.24) is 19.5 Å². The molecule has 232 valence electrons. The number of nitrogens with two attached hydrogens (primary N) is 1. The molecule has 0 radical (unpaired) electrons. The van der Waals surface area contributed by atoms with Crippen molar-refractivity contribution in [2.24, 2.45) is 0 Å². The Balaban J connectivity index is 2.16. The molecule has 3 rings (SSSR count). The second-order valence-corrected chi connectivity index (χ2v) is 31.2. The van der Waals surface area contributed by atoms with Gasteiger partial charge >= 0.3 is 253 Å². The van der Waals surface area contributed by atoms with Crippen molar-refractivity contribution >= 4 is 43.7 Å². The number of anilines is 1. The van der Waals surface area contributed by atoms with E-state index in [9.17, 15) is 10.2 Å². The molecule has 3 heterocycles. The molecule has 2 aromatic rings. The van der Waals surface area contributed by atoms with Crippen molar-refractivity contribution in [3.05, 3.63) is 22.8 Å². The Kier molecular flexibility index (Phi) is 11.9. The van der Waals surface area contributed by atoms with Crippen molar-refractivity contribution < 1.29 is 19.4 Å². The Morgan fingerprint density at radius 3 is 2.17 bits per heavy atom. The molecule has 0 bridgehead atoms. The average Bonchev–Trinajstić information content (AvgIpc) is 3.47. The molecule has 0 saturated carbocycles. The van der Waals surface area contributed by atoms with Crippen LogP contribution in [0.25, 0.3) is 11.2 Å². The molecule has 11 heteroatoms. The summed E-state index contributed by atoms with van der Waals surface area (Å²) in [4.78, 5) is 13.0. The van der Waals surface area contributed by atoms with Gasteiger partial charge in [-0.2, -0.15) is 0 Å². The van der Waals surface area contributed by atoms with Crippen LogP contribution in [0.3, 0.4) is 0 Å². The van der Waals surface area contributed by atoms with E-state index in [-0.39, 0.29) is 17.5 Å². The third-order valence-corrected chi connectivity index (χ3v) is 27.9. The van der Waals surface area contributed by atoms with Gasteiger partial charge < -0.3 is 0 Å². The number of fused-ring (bicyclic) bond motifs is 1. The molecule has 41 heavy (non-hydrogen) atoms. The number of imidazole rings is 1. The topological polar surface area (TPSA) is 129 Å². The summed E-state index contributed by atoms with van der Waals surface area (Å²) in [6, 6.07) is 0. The third kappa shape index (κ3) is 7.54. The van der Waals surface area contributed by atoms with Crippen LogP contribution in [0.4, 0.5) is 5.82 Å². The van der Waals surface area contributed by atoms with E-state index in [1.807, 2.05) is 6.08 Å². The Bertz CT molecular complexity index is 1130. The van der Waals surface area contributed by atoms with Crippen molar-refractivity contribution in [3.8, 4) is 0 Å². The van der Waals surface area contributed by atoms with Crippen LogP contribution in [0.5, 0.6) is 0 Å². The van der Waals surface area contributed by atoms with Crippen molar-refractivity contribution in [2.75, 3.05) is 12.3 Å². The summed E-state index contributed by atoms with van der Waals surface area (Å²) >= 11 is -2.80. The van der Waals surface area contributed by atoms with E-state index >= 15 is 0 Å². The van der Waals surface area contributed by atoms with Gasteiger partial charge in [-0.25, -0.2) is 0 Å². The first-order valence-electron chi connectivity index (χ1n) is 15.6. The Hall–Kier alpha value is -1.05. The van der Waals surface area contributed by atoms with Crippen LogP contribution in [0.1, 0.15) is 86.3 Å². The summed E-state index contributed by atoms with van der Waals surface area (Å²) in [7, 11) is -2.40. The molecule has 9 nitrogen and oxygen atoms in total. The fraction of sp³-hybridized carbons (Fsp3) is 0.767. The molecular formula is C30H55N5O4SiSn. The zero-order valence-corrected chi connectivity index (χ0v) is 30.5. The van der Waals surface area contributed by atoms with E-state index in [1.54, 1.807) is 10.9 Å². The summed E-state index contributed by atoms with van der Waals surface area (Å²) in [6.45, 7) is 17.4. The molecular weight excluding hydrogens is 641 g/mol. The van der Waals surface area contributed by atoms with Gasteiger partial charge in [-0.3, -0.25) is 0 Å². The number of aromatic nitrogens is 4. The summed E-state index contributed by atoms with van der Waals surface area (Å²) in [6.07, 6.45) is 9.86. The van der Waals surface area contributed by atoms with E-state index in [0.29, 0.717) is 11.2 Å². The fourth-order valence-corrected chi connectivity index (χ4v) is 21.3. The number of unbranched alkanes of at least 4 members (excludes halogenated alkanes) is 3. The summed E-state index contributed by atoms with van der Waals surface area (Å²) in [5.74, 6) is 0.282. The standard InChI is InChI=1S/C18H28N5O4Si.3C4H9.Sn/c1-7-18(25)11(8-24)26-16(13(18)27-28(5,6)17(2,3)4)23-10-22-12-14(19)20-9-21-15(12)23;3*1-3-4-2;/h1,7,9-11,13,16,24-25H,8H2,2-6H3,(H2,19,20,21);3*1,3-4H2,2H3;/t11-,13+,16-,18-;;;;/m1..../s1. The van der Waals surface area contributed by atoms with Gasteiger partial charge in [0, 0.05) is 0 Å². The quantitative estimate of drug-likeness (QED) is 0.184. The van der Waals surface area contributed by atoms with Crippen LogP contribution in [0.15, 0.2) is 22.8 Å². The van der Waals surface area contributed by atoms with Gasteiger partial charge in [0.1, 0.15) is 0 Å². The van der Waals surface area contributed by atoms with Crippen LogP contribution in [-0.4, -0.2) is 80.8 Å². The first-order chi connectivity index (χ1) is 19.3. The monoisotopic (exact) mass is 697 g/mol. The van der Waals surface area contributed by atoms with E-state index in [4.69, 9.17) is 14.9 Å². The second-order valence-electron chi connectivity index (χ2n) is 13.5. The van der Waals surface area contributed by atoms with Crippen LogP contribution in [-0.2, 0) is 9.16 Å². The first-order valence-corrected chi connectivity index (χ1v) is 26.2. The first kappa shape index (κ1) is 34.4. The number of hydrogen-bond donors (Lipinski definition) is 3. The number of hydrogen-bond acceptors (Lipinski definition) is 8. The molecule has 0 unspecified atom stereocenters.